The van der Waals surface area contributed by atoms with Gasteiger partial charge in [0.25, 0.3) is 5.91 Å². The Bertz CT molecular complexity index is 1080. The summed E-state index contributed by atoms with van der Waals surface area (Å²) in [6.45, 7) is 6.44. The number of nitrogens with zero attached hydrogens (tertiary/aromatic N) is 3. The predicted molar refractivity (Wildman–Crippen MR) is 135 cm³/mol. The minimum Gasteiger partial charge on any atom is -0.472 e. The molecule has 0 fully saturated rings. The number of aromatic nitrogens is 1. The topological polar surface area (TPSA) is 83.0 Å². The van der Waals surface area contributed by atoms with Crippen LogP contribution in [0.15, 0.2) is 42.6 Å². The molecule has 186 valence electrons. The average Bonchev–Trinajstić information content (AvgIpc) is 2.86. The van der Waals surface area contributed by atoms with E-state index >= 15 is 0 Å². The van der Waals surface area contributed by atoms with E-state index in [-0.39, 0.29) is 42.4 Å². The van der Waals surface area contributed by atoms with Gasteiger partial charge in [0.15, 0.2) is 0 Å². The first-order valence-electron chi connectivity index (χ1n) is 12.2. The van der Waals surface area contributed by atoms with Gasteiger partial charge in [0.05, 0.1) is 25.6 Å². The molecule has 1 aliphatic rings. The van der Waals surface area contributed by atoms with Gasteiger partial charge < -0.3 is 19.6 Å². The van der Waals surface area contributed by atoms with Gasteiger partial charge in [-0.15, -0.1) is 0 Å². The molecule has 1 aliphatic heterocycles. The van der Waals surface area contributed by atoms with Crippen molar-refractivity contribution in [2.45, 2.75) is 52.2 Å². The fourth-order valence-electron chi connectivity index (χ4n) is 3.96. The highest BCUT2D eigenvalue weighted by Crippen LogP contribution is 2.27. The van der Waals surface area contributed by atoms with Crippen LogP contribution in [0.2, 0.25) is 0 Å². The third kappa shape index (κ3) is 6.83. The molecule has 1 aromatic heterocycles. The summed E-state index contributed by atoms with van der Waals surface area (Å²) < 4.78 is 6.27. The maximum Gasteiger partial charge on any atom is 0.259 e. The highest BCUT2D eigenvalue weighted by molar-refractivity contribution is 5.97. The fourth-order valence-corrected chi connectivity index (χ4v) is 3.96. The lowest BCUT2D eigenvalue weighted by molar-refractivity contribution is -0.130. The summed E-state index contributed by atoms with van der Waals surface area (Å²) in [6, 6.07) is 11.0. The Morgan fingerprint density at radius 3 is 2.77 bits per heavy atom. The summed E-state index contributed by atoms with van der Waals surface area (Å²) in [7, 11) is 1.76. The Morgan fingerprint density at radius 2 is 2.09 bits per heavy atom. The molecule has 0 saturated carbocycles. The van der Waals surface area contributed by atoms with Crippen molar-refractivity contribution in [3.05, 3.63) is 59.3 Å². The zero-order valence-corrected chi connectivity index (χ0v) is 21.0. The van der Waals surface area contributed by atoms with E-state index in [1.165, 1.54) is 0 Å². The number of hydrogen-bond donors (Lipinski definition) is 1. The number of hydrogen-bond acceptors (Lipinski definition) is 5. The molecule has 1 N–H and O–H groups in total. The molecule has 0 spiro atoms. The molecule has 35 heavy (non-hydrogen) atoms. The molecule has 0 bridgehead atoms. The number of aliphatic hydroxyl groups excluding tert-OH is 1. The Labute approximate surface area is 208 Å². The maximum absolute atomic E-state index is 13.4. The molecule has 7 nitrogen and oxygen atoms in total. The van der Waals surface area contributed by atoms with Crippen LogP contribution in [-0.4, -0.2) is 70.6 Å². The van der Waals surface area contributed by atoms with Crippen LogP contribution in [0.1, 0.15) is 55.1 Å². The van der Waals surface area contributed by atoms with Crippen LogP contribution < -0.4 is 4.74 Å². The number of pyridine rings is 1. The molecule has 3 rings (SSSR count). The summed E-state index contributed by atoms with van der Waals surface area (Å²) in [5.41, 5.74) is 1.92. The second kappa shape index (κ2) is 12.4. The molecule has 2 amide bonds. The maximum atomic E-state index is 13.4. The summed E-state index contributed by atoms with van der Waals surface area (Å²) in [4.78, 5) is 34.1. The lowest BCUT2D eigenvalue weighted by Crippen LogP contribution is -2.50. The van der Waals surface area contributed by atoms with E-state index in [1.54, 1.807) is 29.1 Å². The van der Waals surface area contributed by atoms with E-state index in [2.05, 4.69) is 23.7 Å². The summed E-state index contributed by atoms with van der Waals surface area (Å²) >= 11 is 0. The van der Waals surface area contributed by atoms with Crippen LogP contribution in [0, 0.1) is 17.8 Å². The normalized spacial score (nSPS) is 18.3. The zero-order valence-electron chi connectivity index (χ0n) is 21.0. The monoisotopic (exact) mass is 477 g/mol. The first-order chi connectivity index (χ1) is 16.8. The highest BCUT2D eigenvalue weighted by atomic mass is 16.5. The minimum atomic E-state index is -0.385. The van der Waals surface area contributed by atoms with Crippen molar-refractivity contribution in [2.24, 2.45) is 5.92 Å². The Balaban J connectivity index is 1.87. The number of likely N-dealkylation sites (N-methyl/N-ethyl adjacent to an activating group) is 1. The quantitative estimate of drug-likeness (QED) is 0.620. The van der Waals surface area contributed by atoms with Gasteiger partial charge in [-0.3, -0.25) is 9.59 Å². The number of aliphatic hydroxyl groups is 1. The van der Waals surface area contributed by atoms with Crippen molar-refractivity contribution in [3.8, 4) is 17.7 Å². The Hall–Kier alpha value is -3.37. The van der Waals surface area contributed by atoms with E-state index in [0.717, 1.165) is 18.4 Å². The van der Waals surface area contributed by atoms with E-state index in [1.807, 2.05) is 44.2 Å². The smallest absolute Gasteiger partial charge is 0.259 e. The van der Waals surface area contributed by atoms with Gasteiger partial charge >= 0.3 is 0 Å². The van der Waals surface area contributed by atoms with Crippen LogP contribution in [0.5, 0.6) is 5.88 Å². The average molecular weight is 478 g/mol. The number of amides is 2. The standard InChI is InChI=1S/C28H35N3O4/c1-5-6-8-13-23-14-24-27(29-16-23)35-25(20(2)17-31(28(24)34)21(3)19-32)18-30(4)26(33)15-22-11-9-7-10-12-22/h7,9-12,14,16,20-21,25,32H,5-6,15,17-19H2,1-4H3/t20-,21+,25-/m0/s1. The van der Waals surface area contributed by atoms with Crippen LogP contribution in [0.25, 0.3) is 0 Å². The molecule has 7 heteroatoms. The molecule has 0 aliphatic carbocycles. The van der Waals surface area contributed by atoms with E-state index in [4.69, 9.17) is 4.74 Å². The molecule has 3 atom stereocenters. The summed E-state index contributed by atoms with van der Waals surface area (Å²) in [5, 5.41) is 9.81. The van der Waals surface area contributed by atoms with Crippen molar-refractivity contribution in [2.75, 3.05) is 26.7 Å². The number of rotatable bonds is 7. The Kier molecular flexibility index (Phi) is 9.27. The van der Waals surface area contributed by atoms with E-state index in [9.17, 15) is 14.7 Å². The fraction of sp³-hybridized carbons (Fsp3) is 0.464. The van der Waals surface area contributed by atoms with Crippen molar-refractivity contribution >= 4 is 11.8 Å². The number of fused-ring (bicyclic) bond motifs is 1. The number of carbonyl (C=O) groups is 2. The van der Waals surface area contributed by atoms with Crippen molar-refractivity contribution in [1.82, 2.24) is 14.8 Å². The van der Waals surface area contributed by atoms with Gasteiger partial charge in [-0.05, 0) is 25.0 Å². The zero-order chi connectivity index (χ0) is 25.4. The second-order valence-corrected chi connectivity index (χ2v) is 9.19. The molecule has 0 unspecified atom stereocenters. The number of ether oxygens (including phenoxy) is 1. The van der Waals surface area contributed by atoms with Gasteiger partial charge in [0.1, 0.15) is 11.7 Å². The van der Waals surface area contributed by atoms with Crippen LogP contribution in [-0.2, 0) is 11.2 Å². The number of benzene rings is 1. The third-order valence-electron chi connectivity index (χ3n) is 6.21. The van der Waals surface area contributed by atoms with Crippen molar-refractivity contribution in [1.29, 1.82) is 0 Å². The number of unbranched alkanes of at least 4 members (excludes halogenated alkanes) is 1. The minimum absolute atomic E-state index is 0.0135. The van der Waals surface area contributed by atoms with Gasteiger partial charge in [-0.25, -0.2) is 4.98 Å². The molecule has 2 aromatic rings. The van der Waals surface area contributed by atoms with Crippen LogP contribution in [0.4, 0.5) is 0 Å². The van der Waals surface area contributed by atoms with E-state index < -0.39 is 0 Å². The molecule has 1 aromatic carbocycles. The Morgan fingerprint density at radius 1 is 1.34 bits per heavy atom. The largest absolute Gasteiger partial charge is 0.472 e. The van der Waals surface area contributed by atoms with Gasteiger partial charge in [0, 0.05) is 37.7 Å². The third-order valence-corrected chi connectivity index (χ3v) is 6.21. The first-order valence-corrected chi connectivity index (χ1v) is 12.2. The molecular formula is C28H35N3O4. The molecule has 0 radical (unpaired) electrons. The highest BCUT2D eigenvalue weighted by Gasteiger charge is 2.34. The molecular weight excluding hydrogens is 442 g/mol. The van der Waals surface area contributed by atoms with Crippen LogP contribution in [0.3, 0.4) is 0 Å². The predicted octanol–water partition coefficient (Wildman–Crippen LogP) is 3.15. The lowest BCUT2D eigenvalue weighted by atomic mass is 9.99. The SMILES string of the molecule is CCCC#Cc1cnc2c(c1)C(=O)N([C@H](C)CO)C[C@H](C)[C@H](CN(C)C(=O)Cc1ccccc1)O2. The van der Waals surface area contributed by atoms with Gasteiger partial charge in [-0.1, -0.05) is 56.0 Å². The lowest BCUT2D eigenvalue weighted by Gasteiger charge is -2.37. The van der Waals surface area contributed by atoms with Gasteiger partial charge in [-0.2, -0.15) is 0 Å². The van der Waals surface area contributed by atoms with Crippen LogP contribution >= 0.6 is 0 Å². The summed E-state index contributed by atoms with van der Waals surface area (Å²) in [6.07, 6.45) is 3.25. The molecule has 0 saturated heterocycles. The van der Waals surface area contributed by atoms with E-state index in [0.29, 0.717) is 30.6 Å². The molecule has 2 heterocycles. The van der Waals surface area contributed by atoms with Crippen molar-refractivity contribution in [3.63, 3.8) is 0 Å². The summed E-state index contributed by atoms with van der Waals surface area (Å²) in [5.74, 6) is 6.01. The van der Waals surface area contributed by atoms with Crippen molar-refractivity contribution < 1.29 is 19.4 Å². The second-order valence-electron chi connectivity index (χ2n) is 9.19. The van der Waals surface area contributed by atoms with Gasteiger partial charge in [0.2, 0.25) is 11.8 Å². The first kappa shape index (κ1) is 26.2. The number of carbonyl (C=O) groups excluding carboxylic acids is 2.